The monoisotopic (exact) mass is 304 g/mol. The Kier molecular flexibility index (Phi) is 4.29. The van der Waals surface area contributed by atoms with Crippen LogP contribution in [0.2, 0.25) is 0 Å². The number of hydrogen-bond donors (Lipinski definition) is 1. The van der Waals surface area contributed by atoms with Crippen molar-refractivity contribution in [2.45, 2.75) is 17.4 Å². The van der Waals surface area contributed by atoms with Crippen LogP contribution in [0.15, 0.2) is 29.4 Å². The topological polar surface area (TPSA) is 63.8 Å². The molecular weight excluding hydrogens is 293 g/mol. The average Bonchev–Trinajstić information content (AvgIpc) is 2.81. The Morgan fingerprint density at radius 2 is 1.95 bits per heavy atom. The Balaban J connectivity index is 1.99. The lowest BCUT2D eigenvalue weighted by molar-refractivity contribution is -0.137. The zero-order valence-electron chi connectivity index (χ0n) is 10.4. The van der Waals surface area contributed by atoms with Crippen LogP contribution in [-0.2, 0) is 13.2 Å². The highest BCUT2D eigenvalue weighted by Crippen LogP contribution is 2.30. The van der Waals surface area contributed by atoms with Gasteiger partial charge in [-0.3, -0.25) is 0 Å². The van der Waals surface area contributed by atoms with Gasteiger partial charge in [0.05, 0.1) is 11.7 Å². The maximum absolute atomic E-state index is 12.4. The number of tetrazole rings is 1. The van der Waals surface area contributed by atoms with Gasteiger partial charge in [0.2, 0.25) is 5.16 Å². The molecule has 0 amide bonds. The summed E-state index contributed by atoms with van der Waals surface area (Å²) in [6.45, 7) is 0. The predicted octanol–water partition coefficient (Wildman–Crippen LogP) is 2.05. The van der Waals surface area contributed by atoms with E-state index in [0.717, 1.165) is 12.1 Å². The van der Waals surface area contributed by atoms with Gasteiger partial charge >= 0.3 is 6.18 Å². The Morgan fingerprint density at radius 1 is 1.30 bits per heavy atom. The third-order valence-corrected chi connectivity index (χ3v) is 3.66. The minimum atomic E-state index is -4.37. The molecule has 0 aliphatic carbocycles. The standard InChI is InChI=1S/C11H11F3N4OS/c1-18-10(15-16-17-18)20-6-9(19)7-2-4-8(5-3-7)11(12,13)14/h2-5,9,19H,6H2,1H3. The number of aromatic nitrogens is 4. The Labute approximate surface area is 116 Å². The van der Waals surface area contributed by atoms with Gasteiger partial charge in [-0.2, -0.15) is 13.2 Å². The molecule has 1 aromatic carbocycles. The van der Waals surface area contributed by atoms with E-state index in [1.807, 2.05) is 0 Å². The lowest BCUT2D eigenvalue weighted by Crippen LogP contribution is -2.06. The van der Waals surface area contributed by atoms with Crippen molar-refractivity contribution in [3.63, 3.8) is 0 Å². The average molecular weight is 304 g/mol. The quantitative estimate of drug-likeness (QED) is 0.876. The number of aliphatic hydroxyl groups excluding tert-OH is 1. The molecule has 0 saturated carbocycles. The molecular formula is C11H11F3N4OS. The molecule has 2 rings (SSSR count). The summed E-state index contributed by atoms with van der Waals surface area (Å²) >= 11 is 1.22. The number of nitrogens with zero attached hydrogens (tertiary/aromatic N) is 4. The molecule has 108 valence electrons. The molecule has 5 nitrogen and oxygen atoms in total. The first-order valence-corrected chi connectivity index (χ1v) is 6.57. The highest BCUT2D eigenvalue weighted by atomic mass is 32.2. The van der Waals surface area contributed by atoms with Gasteiger partial charge in [-0.1, -0.05) is 23.9 Å². The van der Waals surface area contributed by atoms with Crippen molar-refractivity contribution < 1.29 is 18.3 Å². The van der Waals surface area contributed by atoms with Crippen molar-refractivity contribution in [2.75, 3.05) is 5.75 Å². The second-order valence-corrected chi connectivity index (χ2v) is 5.02. The zero-order chi connectivity index (χ0) is 14.8. The van der Waals surface area contributed by atoms with Gasteiger partial charge in [-0.15, -0.1) is 5.10 Å². The number of thioether (sulfide) groups is 1. The summed E-state index contributed by atoms with van der Waals surface area (Å²) in [4.78, 5) is 0. The summed E-state index contributed by atoms with van der Waals surface area (Å²) in [6, 6.07) is 4.44. The van der Waals surface area contributed by atoms with E-state index in [1.165, 1.54) is 28.6 Å². The number of aliphatic hydroxyl groups is 1. The van der Waals surface area contributed by atoms with E-state index >= 15 is 0 Å². The first-order chi connectivity index (χ1) is 9.38. The molecule has 1 aromatic heterocycles. The second-order valence-electron chi connectivity index (χ2n) is 4.03. The maximum atomic E-state index is 12.4. The number of benzene rings is 1. The summed E-state index contributed by atoms with van der Waals surface area (Å²) in [5.41, 5.74) is -0.320. The van der Waals surface area contributed by atoms with E-state index in [0.29, 0.717) is 10.7 Å². The molecule has 0 fully saturated rings. The van der Waals surface area contributed by atoms with Crippen LogP contribution in [0.1, 0.15) is 17.2 Å². The van der Waals surface area contributed by atoms with Crippen molar-refractivity contribution in [3.8, 4) is 0 Å². The predicted molar refractivity (Wildman–Crippen MR) is 65.9 cm³/mol. The minimum Gasteiger partial charge on any atom is -0.388 e. The number of aryl methyl sites for hydroxylation is 1. The van der Waals surface area contributed by atoms with Gasteiger partial charge in [-0.05, 0) is 28.1 Å². The smallest absolute Gasteiger partial charge is 0.388 e. The van der Waals surface area contributed by atoms with Crippen LogP contribution < -0.4 is 0 Å². The fraction of sp³-hybridized carbons (Fsp3) is 0.364. The molecule has 0 aliphatic rings. The van der Waals surface area contributed by atoms with E-state index < -0.39 is 17.8 Å². The van der Waals surface area contributed by atoms with Gasteiger partial charge in [-0.25, -0.2) is 4.68 Å². The molecule has 0 radical (unpaired) electrons. The van der Waals surface area contributed by atoms with Crippen LogP contribution in [0.3, 0.4) is 0 Å². The summed E-state index contributed by atoms with van der Waals surface area (Å²) in [5.74, 6) is 0.250. The Hall–Kier alpha value is -1.61. The van der Waals surface area contributed by atoms with E-state index in [9.17, 15) is 18.3 Å². The molecule has 0 saturated heterocycles. The normalized spacial score (nSPS) is 13.4. The van der Waals surface area contributed by atoms with Crippen LogP contribution in [0, 0.1) is 0 Å². The Bertz CT molecular complexity index is 570. The second kappa shape index (κ2) is 5.80. The van der Waals surface area contributed by atoms with Crippen LogP contribution in [0.5, 0.6) is 0 Å². The van der Waals surface area contributed by atoms with Crippen molar-refractivity contribution >= 4 is 11.8 Å². The zero-order valence-corrected chi connectivity index (χ0v) is 11.2. The van der Waals surface area contributed by atoms with Crippen LogP contribution in [0.4, 0.5) is 13.2 Å². The molecule has 2 aromatic rings. The first kappa shape index (κ1) is 14.8. The van der Waals surface area contributed by atoms with Gasteiger partial charge < -0.3 is 5.11 Å². The third-order valence-electron chi connectivity index (χ3n) is 2.57. The molecule has 20 heavy (non-hydrogen) atoms. The van der Waals surface area contributed by atoms with E-state index in [-0.39, 0.29) is 5.75 Å². The van der Waals surface area contributed by atoms with Crippen LogP contribution in [0.25, 0.3) is 0 Å². The molecule has 9 heteroatoms. The maximum Gasteiger partial charge on any atom is 0.416 e. The van der Waals surface area contributed by atoms with Gasteiger partial charge in [0.1, 0.15) is 0 Å². The highest BCUT2D eigenvalue weighted by molar-refractivity contribution is 7.99. The van der Waals surface area contributed by atoms with Crippen molar-refractivity contribution in [1.82, 2.24) is 20.2 Å². The molecule has 1 N–H and O–H groups in total. The number of alkyl halides is 3. The molecule has 0 bridgehead atoms. The SMILES string of the molecule is Cn1nnnc1SCC(O)c1ccc(C(F)(F)F)cc1. The summed E-state index contributed by atoms with van der Waals surface area (Å²) in [5, 5.41) is 21.3. The van der Waals surface area contributed by atoms with E-state index in [2.05, 4.69) is 15.5 Å². The third kappa shape index (κ3) is 3.48. The van der Waals surface area contributed by atoms with Gasteiger partial charge in [0.15, 0.2) is 0 Å². The lowest BCUT2D eigenvalue weighted by Gasteiger charge is -2.12. The molecule has 0 spiro atoms. The number of halogens is 3. The summed E-state index contributed by atoms with van der Waals surface area (Å²) < 4.78 is 38.7. The molecule has 1 unspecified atom stereocenters. The number of hydrogen-bond acceptors (Lipinski definition) is 5. The van der Waals surface area contributed by atoms with Crippen LogP contribution in [-0.4, -0.2) is 31.1 Å². The Morgan fingerprint density at radius 3 is 2.45 bits per heavy atom. The van der Waals surface area contributed by atoms with E-state index in [4.69, 9.17) is 0 Å². The highest BCUT2D eigenvalue weighted by Gasteiger charge is 2.30. The molecule has 1 atom stereocenters. The number of rotatable bonds is 4. The lowest BCUT2D eigenvalue weighted by atomic mass is 10.1. The largest absolute Gasteiger partial charge is 0.416 e. The molecule has 0 aliphatic heterocycles. The van der Waals surface area contributed by atoms with Crippen LogP contribution >= 0.6 is 11.8 Å². The minimum absolute atomic E-state index is 0.250. The van der Waals surface area contributed by atoms with Crippen molar-refractivity contribution in [2.24, 2.45) is 7.05 Å². The fourth-order valence-electron chi connectivity index (χ4n) is 1.49. The van der Waals surface area contributed by atoms with E-state index in [1.54, 1.807) is 7.05 Å². The molecule has 1 heterocycles. The van der Waals surface area contributed by atoms with Gasteiger partial charge in [0.25, 0.3) is 0 Å². The fourth-order valence-corrected chi connectivity index (χ4v) is 2.30. The van der Waals surface area contributed by atoms with Gasteiger partial charge in [0, 0.05) is 12.8 Å². The summed E-state index contributed by atoms with van der Waals surface area (Å²) in [6.07, 6.45) is -5.26. The summed E-state index contributed by atoms with van der Waals surface area (Å²) in [7, 11) is 1.66. The first-order valence-electron chi connectivity index (χ1n) is 5.58. The van der Waals surface area contributed by atoms with Crippen molar-refractivity contribution in [1.29, 1.82) is 0 Å². The van der Waals surface area contributed by atoms with Crippen molar-refractivity contribution in [3.05, 3.63) is 35.4 Å².